The minimum Gasteiger partial charge on any atom is -0.511 e. The van der Waals surface area contributed by atoms with Gasteiger partial charge in [-0.25, -0.2) is 4.79 Å². The Morgan fingerprint density at radius 1 is 1.08 bits per heavy atom. The molecule has 0 radical (unpaired) electrons. The zero-order chi connectivity index (χ0) is 27.3. The van der Waals surface area contributed by atoms with E-state index in [1.807, 2.05) is 19.0 Å². The zero-order valence-electron chi connectivity index (χ0n) is 21.1. The van der Waals surface area contributed by atoms with Gasteiger partial charge in [0.25, 0.3) is 5.91 Å². The van der Waals surface area contributed by atoms with Crippen molar-refractivity contribution in [3.05, 3.63) is 51.5 Å². The second kappa shape index (κ2) is 9.64. The maximum Gasteiger partial charge on any atom is 0.338 e. The van der Waals surface area contributed by atoms with Gasteiger partial charge in [0.15, 0.2) is 11.6 Å². The number of allylic oxidation sites excluding steroid dienone is 2. The smallest absolute Gasteiger partial charge is 0.338 e. The maximum atomic E-state index is 13.6. The second-order valence-corrected chi connectivity index (χ2v) is 10.2. The molecule has 3 aliphatic carbocycles. The Labute approximate surface area is 213 Å². The summed E-state index contributed by atoms with van der Waals surface area (Å²) in [6.45, 7) is 0.636. The highest BCUT2D eigenvalue weighted by Gasteiger charge is 2.54. The molecule has 37 heavy (non-hydrogen) atoms. The van der Waals surface area contributed by atoms with E-state index in [1.165, 1.54) is 12.1 Å². The molecule has 0 heterocycles. The van der Waals surface area contributed by atoms with Crippen LogP contribution in [0.1, 0.15) is 32.7 Å². The zero-order valence-corrected chi connectivity index (χ0v) is 21.1. The van der Waals surface area contributed by atoms with Crippen LogP contribution in [-0.4, -0.2) is 95.9 Å². The first-order valence-corrected chi connectivity index (χ1v) is 11.9. The summed E-state index contributed by atoms with van der Waals surface area (Å²) in [6, 6.07) is 1.81. The largest absolute Gasteiger partial charge is 0.511 e. The van der Waals surface area contributed by atoms with E-state index in [2.05, 4.69) is 0 Å². The van der Waals surface area contributed by atoms with Gasteiger partial charge in [0.1, 0.15) is 29.4 Å². The number of carbonyl (C=O) groups excluding carboxylic acids is 4. The lowest BCUT2D eigenvalue weighted by Gasteiger charge is -2.46. The third-order valence-corrected chi connectivity index (χ3v) is 7.44. The van der Waals surface area contributed by atoms with Gasteiger partial charge in [-0.2, -0.15) is 0 Å². The lowest BCUT2D eigenvalue weighted by Crippen LogP contribution is -2.53. The van der Waals surface area contributed by atoms with Crippen molar-refractivity contribution >= 4 is 23.4 Å². The third kappa shape index (κ3) is 4.27. The molecule has 1 aromatic carbocycles. The molecule has 0 saturated heterocycles. The first-order chi connectivity index (χ1) is 17.4. The Morgan fingerprint density at radius 2 is 1.76 bits per heavy atom. The van der Waals surface area contributed by atoms with Gasteiger partial charge in [-0.15, -0.1) is 0 Å². The molecule has 0 fully saturated rings. The molecule has 3 aliphatic rings. The van der Waals surface area contributed by atoms with Gasteiger partial charge >= 0.3 is 5.97 Å². The standard InChI is InChI=1S/C26H31N3O8/c1-28(2)7-8-37-26(36)12-5-6-15(30)17-13(12)9-11-10-14-18(22(32)16(11)21(17)31)23(33)19(25(27)35)24(34)20(14)29(3)4/h5-6,11,14,18,20,30,32,34H,7-10H2,1-4H3,(H2,27,35)/t11?,14?,18?,20-/m0/s1. The summed E-state index contributed by atoms with van der Waals surface area (Å²) in [5.41, 5.74) is 5.06. The number of nitrogens with zero attached hydrogens (tertiary/aromatic N) is 2. The number of benzene rings is 1. The maximum absolute atomic E-state index is 13.6. The molecule has 0 bridgehead atoms. The van der Waals surface area contributed by atoms with Gasteiger partial charge in [0, 0.05) is 12.1 Å². The van der Waals surface area contributed by atoms with Crippen LogP contribution in [0.25, 0.3) is 0 Å². The third-order valence-electron chi connectivity index (χ3n) is 7.44. The van der Waals surface area contributed by atoms with E-state index in [1.54, 1.807) is 19.0 Å². The van der Waals surface area contributed by atoms with Crippen LogP contribution in [0.4, 0.5) is 0 Å². The topological polar surface area (TPSA) is 171 Å². The number of likely N-dealkylation sites (N-methyl/N-ethyl adjacent to an activating group) is 2. The Hall–Kier alpha value is -3.70. The molecule has 0 spiro atoms. The predicted octanol–water partition coefficient (Wildman–Crippen LogP) is 0.724. The minimum atomic E-state index is -1.26. The van der Waals surface area contributed by atoms with E-state index >= 15 is 0 Å². The lowest BCUT2D eigenvalue weighted by atomic mass is 9.60. The summed E-state index contributed by atoms with van der Waals surface area (Å²) in [6.07, 6.45) is 0.322. The number of hydrogen-bond donors (Lipinski definition) is 4. The number of carbonyl (C=O) groups is 4. The monoisotopic (exact) mass is 513 g/mol. The summed E-state index contributed by atoms with van der Waals surface area (Å²) in [7, 11) is 6.98. The molecule has 11 heteroatoms. The number of ether oxygens (including phenoxy) is 1. The van der Waals surface area contributed by atoms with Crippen molar-refractivity contribution in [2.45, 2.75) is 18.9 Å². The Balaban J connectivity index is 1.80. The van der Waals surface area contributed by atoms with Crippen LogP contribution in [0.5, 0.6) is 5.75 Å². The molecule has 1 amide bonds. The van der Waals surface area contributed by atoms with E-state index in [0.29, 0.717) is 12.1 Å². The molecule has 3 unspecified atom stereocenters. The fraction of sp³-hybridized carbons (Fsp3) is 0.462. The van der Waals surface area contributed by atoms with Gasteiger partial charge in [-0.1, -0.05) is 0 Å². The van der Waals surface area contributed by atoms with Gasteiger partial charge in [0.2, 0.25) is 0 Å². The summed E-state index contributed by atoms with van der Waals surface area (Å²) in [5, 5.41) is 32.6. The molecule has 0 saturated carbocycles. The van der Waals surface area contributed by atoms with E-state index < -0.39 is 64.3 Å². The molecule has 0 aromatic heterocycles. The molecule has 4 rings (SSSR count). The van der Waals surface area contributed by atoms with E-state index in [-0.39, 0.29) is 41.9 Å². The van der Waals surface area contributed by atoms with Crippen LogP contribution >= 0.6 is 0 Å². The number of hydrogen-bond acceptors (Lipinski definition) is 10. The van der Waals surface area contributed by atoms with Crippen LogP contribution in [0.15, 0.2) is 34.8 Å². The van der Waals surface area contributed by atoms with E-state index in [0.717, 1.165) is 0 Å². The first kappa shape index (κ1) is 26.4. The quantitative estimate of drug-likeness (QED) is 0.314. The number of ketones is 2. The summed E-state index contributed by atoms with van der Waals surface area (Å²) >= 11 is 0. The van der Waals surface area contributed by atoms with Crippen molar-refractivity contribution in [2.75, 3.05) is 41.3 Å². The molecular formula is C26H31N3O8. The Bertz CT molecular complexity index is 1260. The molecule has 1 aromatic rings. The fourth-order valence-corrected chi connectivity index (χ4v) is 5.86. The van der Waals surface area contributed by atoms with Crippen molar-refractivity contribution in [3.63, 3.8) is 0 Å². The SMILES string of the molecule is CN(C)CCOC(=O)c1ccc(O)c2c1CC1CC3C(C(=O)C(C(N)=O)=C(O)[C@H]3N(C)C)C(O)=C1C2=O. The molecule has 0 aliphatic heterocycles. The number of Topliss-reactive ketones (excluding diaryl/α,β-unsaturated/α-hetero) is 2. The van der Waals surface area contributed by atoms with Crippen LogP contribution in [0.2, 0.25) is 0 Å². The molecule has 11 nitrogen and oxygen atoms in total. The number of primary amides is 1. The summed E-state index contributed by atoms with van der Waals surface area (Å²) in [5.74, 6) is -7.16. The normalized spacial score (nSPS) is 25.2. The van der Waals surface area contributed by atoms with E-state index in [9.17, 15) is 34.5 Å². The van der Waals surface area contributed by atoms with Crippen LogP contribution in [0.3, 0.4) is 0 Å². The number of nitrogens with two attached hydrogens (primary N) is 1. The van der Waals surface area contributed by atoms with Crippen molar-refractivity contribution in [2.24, 2.45) is 23.5 Å². The Morgan fingerprint density at radius 3 is 2.35 bits per heavy atom. The number of rotatable bonds is 6. The lowest BCUT2D eigenvalue weighted by molar-refractivity contribution is -0.127. The fourth-order valence-electron chi connectivity index (χ4n) is 5.86. The Kier molecular flexibility index (Phi) is 6.87. The summed E-state index contributed by atoms with van der Waals surface area (Å²) in [4.78, 5) is 55.2. The van der Waals surface area contributed by atoms with Gasteiger partial charge in [-0.05, 0) is 70.6 Å². The van der Waals surface area contributed by atoms with Crippen molar-refractivity contribution in [1.29, 1.82) is 0 Å². The minimum absolute atomic E-state index is 0.0433. The number of aromatic hydroxyl groups is 1. The van der Waals surface area contributed by atoms with Gasteiger partial charge in [-0.3, -0.25) is 19.3 Å². The number of aliphatic hydroxyl groups is 2. The number of phenolic OH excluding ortho intramolecular Hbond substituents is 1. The number of esters is 1. The van der Waals surface area contributed by atoms with Crippen LogP contribution in [-0.2, 0) is 20.7 Å². The van der Waals surface area contributed by atoms with Crippen LogP contribution in [0, 0.1) is 17.8 Å². The summed E-state index contributed by atoms with van der Waals surface area (Å²) < 4.78 is 5.36. The highest BCUT2D eigenvalue weighted by molar-refractivity contribution is 6.22. The molecule has 4 atom stereocenters. The average Bonchev–Trinajstić information content (AvgIpc) is 2.77. The van der Waals surface area contributed by atoms with Crippen LogP contribution < -0.4 is 5.73 Å². The van der Waals surface area contributed by atoms with Gasteiger partial charge in [0.05, 0.1) is 23.1 Å². The average molecular weight is 514 g/mol. The van der Waals surface area contributed by atoms with Crippen molar-refractivity contribution in [3.8, 4) is 5.75 Å². The van der Waals surface area contributed by atoms with Crippen molar-refractivity contribution in [1.82, 2.24) is 9.80 Å². The highest BCUT2D eigenvalue weighted by Crippen LogP contribution is 2.50. The second-order valence-electron chi connectivity index (χ2n) is 10.2. The number of amides is 1. The highest BCUT2D eigenvalue weighted by atomic mass is 16.5. The molecular weight excluding hydrogens is 482 g/mol. The number of fused-ring (bicyclic) bond motifs is 3. The first-order valence-electron chi connectivity index (χ1n) is 11.9. The predicted molar refractivity (Wildman–Crippen MR) is 131 cm³/mol. The van der Waals surface area contributed by atoms with E-state index in [4.69, 9.17) is 10.5 Å². The number of phenols is 1. The molecule has 198 valence electrons. The number of aliphatic hydroxyl groups excluding tert-OH is 2. The van der Waals surface area contributed by atoms with Gasteiger partial charge < -0.3 is 30.7 Å². The van der Waals surface area contributed by atoms with Crippen molar-refractivity contribution < 1.29 is 39.2 Å². The molecule has 5 N–H and O–H groups in total.